The van der Waals surface area contributed by atoms with Crippen LogP contribution in [-0.2, 0) is 20.7 Å². The fraction of sp³-hybridized carbons (Fsp3) is 0.440. The SMILES string of the molecule is O=COCN1C(=O)CCc2ccc(OCCCCN3CCN(c4cccc(Cl)c4Cl)CC3)cc21. The average Bonchev–Trinajstić information content (AvgIpc) is 2.85. The van der Waals surface area contributed by atoms with Crippen molar-refractivity contribution in [2.75, 3.05) is 55.9 Å². The molecule has 4 rings (SSSR count). The van der Waals surface area contributed by atoms with Gasteiger partial charge >= 0.3 is 0 Å². The van der Waals surface area contributed by atoms with Crippen LogP contribution in [0.5, 0.6) is 5.75 Å². The number of hydrogen-bond donors (Lipinski definition) is 0. The van der Waals surface area contributed by atoms with Crippen LogP contribution in [0.2, 0.25) is 10.0 Å². The van der Waals surface area contributed by atoms with Crippen LogP contribution in [0, 0.1) is 0 Å². The molecule has 0 radical (unpaired) electrons. The fourth-order valence-electron chi connectivity index (χ4n) is 4.43. The number of fused-ring (bicyclic) bond motifs is 1. The van der Waals surface area contributed by atoms with Gasteiger partial charge in [0, 0.05) is 38.7 Å². The van der Waals surface area contributed by atoms with Gasteiger partial charge in [0.1, 0.15) is 5.75 Å². The highest BCUT2D eigenvalue weighted by Crippen LogP contribution is 2.33. The Morgan fingerprint density at radius 2 is 1.79 bits per heavy atom. The maximum Gasteiger partial charge on any atom is 0.294 e. The summed E-state index contributed by atoms with van der Waals surface area (Å²) in [7, 11) is 0. The highest BCUT2D eigenvalue weighted by atomic mass is 35.5. The molecule has 0 aliphatic carbocycles. The van der Waals surface area contributed by atoms with Crippen molar-refractivity contribution < 1.29 is 19.1 Å². The summed E-state index contributed by atoms with van der Waals surface area (Å²) >= 11 is 12.5. The largest absolute Gasteiger partial charge is 0.494 e. The van der Waals surface area contributed by atoms with Crippen LogP contribution in [0.1, 0.15) is 24.8 Å². The second-order valence-electron chi connectivity index (χ2n) is 8.46. The lowest BCUT2D eigenvalue weighted by Gasteiger charge is -2.36. The molecule has 2 aliphatic rings. The van der Waals surface area contributed by atoms with E-state index in [0.717, 1.165) is 68.3 Å². The van der Waals surface area contributed by atoms with E-state index < -0.39 is 0 Å². The number of aryl methyl sites for hydroxylation is 1. The van der Waals surface area contributed by atoms with Gasteiger partial charge in [0.2, 0.25) is 5.91 Å². The Morgan fingerprint density at radius 1 is 0.971 bits per heavy atom. The van der Waals surface area contributed by atoms with E-state index in [0.29, 0.717) is 36.0 Å². The third-order valence-electron chi connectivity index (χ3n) is 6.31. The highest BCUT2D eigenvalue weighted by Gasteiger charge is 2.25. The molecule has 182 valence electrons. The molecule has 0 aromatic heterocycles. The molecule has 0 saturated carbocycles. The van der Waals surface area contributed by atoms with Gasteiger partial charge in [-0.3, -0.25) is 19.4 Å². The zero-order chi connectivity index (χ0) is 23.9. The molecule has 2 aliphatic heterocycles. The summed E-state index contributed by atoms with van der Waals surface area (Å²) in [6.45, 7) is 5.74. The monoisotopic (exact) mass is 505 g/mol. The van der Waals surface area contributed by atoms with Crippen molar-refractivity contribution in [1.29, 1.82) is 0 Å². The first-order valence-electron chi connectivity index (χ1n) is 11.6. The number of carbonyl (C=O) groups excluding carboxylic acids is 2. The van der Waals surface area contributed by atoms with E-state index in [-0.39, 0.29) is 12.6 Å². The normalized spacial score (nSPS) is 16.4. The Balaban J connectivity index is 1.19. The molecule has 0 bridgehead atoms. The van der Waals surface area contributed by atoms with Crippen molar-refractivity contribution in [3.8, 4) is 5.75 Å². The van der Waals surface area contributed by atoms with Gasteiger partial charge in [-0.2, -0.15) is 0 Å². The topological polar surface area (TPSA) is 62.3 Å². The number of carbonyl (C=O) groups is 2. The molecule has 0 unspecified atom stereocenters. The maximum absolute atomic E-state index is 12.2. The van der Waals surface area contributed by atoms with Crippen molar-refractivity contribution >= 4 is 47.0 Å². The van der Waals surface area contributed by atoms with Crippen molar-refractivity contribution in [3.63, 3.8) is 0 Å². The molecule has 0 atom stereocenters. The third kappa shape index (κ3) is 5.95. The van der Waals surface area contributed by atoms with Gasteiger partial charge in [0.05, 0.1) is 28.0 Å². The summed E-state index contributed by atoms with van der Waals surface area (Å²) in [4.78, 5) is 29.0. The van der Waals surface area contributed by atoms with Crippen LogP contribution in [0.3, 0.4) is 0 Å². The molecule has 0 N–H and O–H groups in total. The molecular weight excluding hydrogens is 477 g/mol. The van der Waals surface area contributed by atoms with Gasteiger partial charge in [-0.05, 0) is 49.6 Å². The van der Waals surface area contributed by atoms with Crippen LogP contribution >= 0.6 is 23.2 Å². The zero-order valence-electron chi connectivity index (χ0n) is 19.1. The number of benzene rings is 2. The summed E-state index contributed by atoms with van der Waals surface area (Å²) in [5.74, 6) is 0.667. The number of nitrogens with zero attached hydrogens (tertiary/aromatic N) is 3. The summed E-state index contributed by atoms with van der Waals surface area (Å²) in [5, 5.41) is 1.22. The van der Waals surface area contributed by atoms with Gasteiger partial charge in [-0.15, -0.1) is 0 Å². The van der Waals surface area contributed by atoms with Crippen molar-refractivity contribution in [1.82, 2.24) is 4.90 Å². The number of piperazine rings is 1. The number of hydrogen-bond acceptors (Lipinski definition) is 6. The molecular formula is C25H29Cl2N3O4. The van der Waals surface area contributed by atoms with E-state index in [1.165, 1.54) is 4.90 Å². The molecule has 2 aromatic rings. The predicted molar refractivity (Wildman–Crippen MR) is 134 cm³/mol. The zero-order valence-corrected chi connectivity index (χ0v) is 20.6. The first-order valence-corrected chi connectivity index (χ1v) is 12.3. The lowest BCUT2D eigenvalue weighted by Crippen LogP contribution is -2.46. The van der Waals surface area contributed by atoms with Gasteiger partial charge < -0.3 is 14.4 Å². The van der Waals surface area contributed by atoms with E-state index in [1.54, 1.807) is 0 Å². The minimum Gasteiger partial charge on any atom is -0.494 e. The summed E-state index contributed by atoms with van der Waals surface area (Å²) < 4.78 is 10.8. The number of anilines is 2. The molecule has 1 saturated heterocycles. The first kappa shape index (κ1) is 24.6. The third-order valence-corrected chi connectivity index (χ3v) is 7.12. The van der Waals surface area contributed by atoms with Crippen LogP contribution in [0.25, 0.3) is 0 Å². The van der Waals surface area contributed by atoms with Gasteiger partial charge in [0.25, 0.3) is 6.47 Å². The lowest BCUT2D eigenvalue weighted by atomic mass is 10.0. The van der Waals surface area contributed by atoms with E-state index in [9.17, 15) is 9.59 Å². The first-order chi connectivity index (χ1) is 16.6. The van der Waals surface area contributed by atoms with Crippen molar-refractivity contribution in [2.24, 2.45) is 0 Å². The number of ether oxygens (including phenoxy) is 2. The lowest BCUT2D eigenvalue weighted by molar-refractivity contribution is -0.130. The predicted octanol–water partition coefficient (Wildman–Crippen LogP) is 4.38. The molecule has 2 heterocycles. The average molecular weight is 506 g/mol. The van der Waals surface area contributed by atoms with E-state index >= 15 is 0 Å². The number of rotatable bonds is 10. The van der Waals surface area contributed by atoms with Gasteiger partial charge in [-0.1, -0.05) is 35.3 Å². The second-order valence-corrected chi connectivity index (χ2v) is 9.25. The minimum absolute atomic E-state index is 0.0516. The standard InChI is InChI=1S/C25H29Cl2N3O4/c26-21-4-3-5-22(25(21)27)29-13-11-28(12-14-29)10-1-2-15-34-20-8-6-19-7-9-24(32)30(17-33-18-31)23(19)16-20/h3-6,8,16,18H,1-2,7,9-15,17H2. The molecule has 7 nitrogen and oxygen atoms in total. The highest BCUT2D eigenvalue weighted by molar-refractivity contribution is 6.43. The van der Waals surface area contributed by atoms with Crippen molar-refractivity contribution in [3.05, 3.63) is 52.0 Å². The van der Waals surface area contributed by atoms with E-state index in [1.807, 2.05) is 36.4 Å². The Morgan fingerprint density at radius 3 is 2.59 bits per heavy atom. The Hall–Kier alpha value is -2.48. The quantitative estimate of drug-likeness (QED) is 0.352. The van der Waals surface area contributed by atoms with Crippen molar-refractivity contribution in [2.45, 2.75) is 25.7 Å². The number of halogens is 2. The van der Waals surface area contributed by atoms with Crippen LogP contribution in [0.15, 0.2) is 36.4 Å². The van der Waals surface area contributed by atoms with E-state index in [4.69, 9.17) is 32.7 Å². The Bertz CT molecular complexity index is 1010. The van der Waals surface area contributed by atoms with Crippen LogP contribution < -0.4 is 14.5 Å². The maximum atomic E-state index is 12.2. The summed E-state index contributed by atoms with van der Waals surface area (Å²) in [5.41, 5.74) is 2.82. The molecule has 34 heavy (non-hydrogen) atoms. The summed E-state index contributed by atoms with van der Waals surface area (Å²) in [6.07, 6.45) is 3.08. The Labute approximate surface area is 210 Å². The smallest absolute Gasteiger partial charge is 0.294 e. The molecule has 9 heteroatoms. The second kappa shape index (κ2) is 11.8. The number of amides is 1. The molecule has 1 amide bonds. The molecule has 2 aromatic carbocycles. The molecule has 1 fully saturated rings. The van der Waals surface area contributed by atoms with Gasteiger partial charge in [-0.25, -0.2) is 0 Å². The molecule has 0 spiro atoms. The van der Waals surface area contributed by atoms with Gasteiger partial charge in [0.15, 0.2) is 6.73 Å². The van der Waals surface area contributed by atoms with Crippen LogP contribution in [-0.4, -0.2) is 63.3 Å². The fourth-order valence-corrected chi connectivity index (χ4v) is 4.85. The summed E-state index contributed by atoms with van der Waals surface area (Å²) in [6, 6.07) is 11.6. The van der Waals surface area contributed by atoms with E-state index in [2.05, 4.69) is 9.80 Å². The minimum atomic E-state index is -0.0738. The number of unbranched alkanes of at least 4 members (excludes halogenated alkanes) is 1. The Kier molecular flexibility index (Phi) is 8.53. The van der Waals surface area contributed by atoms with Crippen LogP contribution in [0.4, 0.5) is 11.4 Å².